The van der Waals surface area contributed by atoms with E-state index in [1.54, 1.807) is 18.2 Å². The lowest BCUT2D eigenvalue weighted by Gasteiger charge is -2.28. The van der Waals surface area contributed by atoms with E-state index in [1.807, 2.05) is 12.1 Å². The third-order valence-corrected chi connectivity index (χ3v) is 5.54. The van der Waals surface area contributed by atoms with Crippen molar-refractivity contribution in [1.29, 1.82) is 0 Å². The Bertz CT molecular complexity index is 1030. The first-order chi connectivity index (χ1) is 15.2. The van der Waals surface area contributed by atoms with Gasteiger partial charge in [0, 0.05) is 23.4 Å². The van der Waals surface area contributed by atoms with Crippen LogP contribution in [0.3, 0.4) is 0 Å². The average Bonchev–Trinajstić information content (AvgIpc) is 2.67. The number of nitrogens with one attached hydrogen (secondary N) is 1. The zero-order valence-electron chi connectivity index (χ0n) is 20.4. The van der Waals surface area contributed by atoms with Crippen LogP contribution in [0.2, 0.25) is 0 Å². The molecule has 2 rings (SSSR count). The molecule has 0 atom stereocenters. The van der Waals surface area contributed by atoms with E-state index in [4.69, 9.17) is 4.74 Å². The molecule has 0 fully saturated rings. The number of halogens is 1. The molecule has 0 aliphatic heterocycles. The van der Waals surface area contributed by atoms with Crippen LogP contribution in [0.5, 0.6) is 11.5 Å². The molecule has 0 saturated heterocycles. The van der Waals surface area contributed by atoms with Crippen molar-refractivity contribution in [1.82, 2.24) is 5.43 Å². The topological polar surface area (TPSA) is 88.0 Å². The molecule has 2 aromatic carbocycles. The number of hydrogen-bond donors (Lipinski definition) is 2. The van der Waals surface area contributed by atoms with Crippen LogP contribution in [0, 0.1) is 0 Å². The highest BCUT2D eigenvalue weighted by Gasteiger charge is 2.26. The largest absolute Gasteiger partial charge is 0.507 e. The number of esters is 1. The molecule has 7 heteroatoms. The third-order valence-electron chi connectivity index (χ3n) is 5.04. The van der Waals surface area contributed by atoms with Gasteiger partial charge in [0.05, 0.1) is 6.21 Å². The fourth-order valence-corrected chi connectivity index (χ4v) is 3.72. The molecule has 1 amide bonds. The molecule has 0 aromatic heterocycles. The number of carbonyl (C=O) groups excluding carboxylic acids is 2. The summed E-state index contributed by atoms with van der Waals surface area (Å²) in [7, 11) is 0. The van der Waals surface area contributed by atoms with Gasteiger partial charge in [-0.05, 0) is 52.1 Å². The molecule has 2 aromatic rings. The third kappa shape index (κ3) is 7.70. The van der Waals surface area contributed by atoms with Crippen LogP contribution in [0.4, 0.5) is 0 Å². The zero-order valence-corrected chi connectivity index (χ0v) is 22.0. The molecule has 0 bridgehead atoms. The van der Waals surface area contributed by atoms with Crippen molar-refractivity contribution in [2.75, 3.05) is 0 Å². The summed E-state index contributed by atoms with van der Waals surface area (Å²) < 4.78 is 5.96. The monoisotopic (exact) mass is 516 g/mol. The van der Waals surface area contributed by atoms with Crippen molar-refractivity contribution >= 4 is 34.0 Å². The minimum Gasteiger partial charge on any atom is -0.507 e. The summed E-state index contributed by atoms with van der Waals surface area (Å²) in [6, 6.07) is 9.11. The Morgan fingerprint density at radius 3 is 2.15 bits per heavy atom. The molecule has 6 nitrogen and oxygen atoms in total. The van der Waals surface area contributed by atoms with E-state index in [2.05, 4.69) is 68.0 Å². The number of hydrogen-bond acceptors (Lipinski definition) is 5. The molecule has 0 saturated carbocycles. The Labute approximate surface area is 204 Å². The number of amides is 1. The molecule has 0 heterocycles. The SMILES string of the molecule is CC(=O)Oc1ccc(Br)cc1/C=N\NC(=O)CCc1cc(C(C)(C)C)c(O)c(C(C)(C)C)c1. The number of phenolic OH excluding ortho intramolecular Hbond substituents is 1. The van der Waals surface area contributed by atoms with E-state index in [1.165, 1.54) is 13.1 Å². The summed E-state index contributed by atoms with van der Waals surface area (Å²) >= 11 is 3.37. The van der Waals surface area contributed by atoms with Crippen LogP contribution < -0.4 is 10.2 Å². The summed E-state index contributed by atoms with van der Waals surface area (Å²) in [5, 5.41) is 14.9. The van der Waals surface area contributed by atoms with Crippen molar-refractivity contribution in [3.63, 3.8) is 0 Å². The van der Waals surface area contributed by atoms with Crippen LogP contribution in [0.1, 0.15) is 77.1 Å². The molecule has 0 aliphatic rings. The van der Waals surface area contributed by atoms with Gasteiger partial charge in [0.1, 0.15) is 11.5 Å². The summed E-state index contributed by atoms with van der Waals surface area (Å²) in [6.07, 6.45) is 2.20. The Hall–Kier alpha value is -2.67. The number of benzene rings is 2. The van der Waals surface area contributed by atoms with Crippen LogP contribution in [-0.4, -0.2) is 23.2 Å². The van der Waals surface area contributed by atoms with Crippen LogP contribution in [-0.2, 0) is 26.8 Å². The molecule has 0 radical (unpaired) electrons. The first kappa shape index (κ1) is 26.6. The average molecular weight is 517 g/mol. The molecule has 2 N–H and O–H groups in total. The van der Waals surface area contributed by atoms with Gasteiger partial charge in [0.2, 0.25) is 5.91 Å². The van der Waals surface area contributed by atoms with E-state index >= 15 is 0 Å². The highest BCUT2D eigenvalue weighted by Crippen LogP contribution is 2.40. The van der Waals surface area contributed by atoms with Crippen molar-refractivity contribution < 1.29 is 19.4 Å². The number of carbonyl (C=O) groups is 2. The molecular weight excluding hydrogens is 484 g/mol. The number of phenols is 1. The second kappa shape index (κ2) is 10.5. The van der Waals surface area contributed by atoms with Gasteiger partial charge in [-0.25, -0.2) is 5.43 Å². The highest BCUT2D eigenvalue weighted by atomic mass is 79.9. The van der Waals surface area contributed by atoms with Gasteiger partial charge in [-0.3, -0.25) is 9.59 Å². The molecule has 33 heavy (non-hydrogen) atoms. The van der Waals surface area contributed by atoms with Gasteiger partial charge in [0.25, 0.3) is 0 Å². The van der Waals surface area contributed by atoms with Crippen LogP contribution in [0.15, 0.2) is 39.9 Å². The summed E-state index contributed by atoms with van der Waals surface area (Å²) in [4.78, 5) is 23.7. The maximum absolute atomic E-state index is 12.4. The number of aromatic hydroxyl groups is 1. The van der Waals surface area contributed by atoms with Crippen molar-refractivity contribution in [3.8, 4) is 11.5 Å². The lowest BCUT2D eigenvalue weighted by molar-refractivity contribution is -0.131. The second-order valence-corrected chi connectivity index (χ2v) is 11.0. The lowest BCUT2D eigenvalue weighted by atomic mass is 9.78. The number of hydrazone groups is 1. The number of ether oxygens (including phenoxy) is 1. The molecular formula is C26H33BrN2O4. The van der Waals surface area contributed by atoms with Crippen molar-refractivity contribution in [3.05, 3.63) is 57.1 Å². The second-order valence-electron chi connectivity index (χ2n) is 10.1. The summed E-state index contributed by atoms with van der Waals surface area (Å²) in [6.45, 7) is 13.7. The molecule has 0 spiro atoms. The van der Waals surface area contributed by atoms with Gasteiger partial charge in [0.15, 0.2) is 0 Å². The van der Waals surface area contributed by atoms with Gasteiger partial charge in [-0.2, -0.15) is 5.10 Å². The predicted octanol–water partition coefficient (Wildman–Crippen LogP) is 5.76. The minimum atomic E-state index is -0.436. The molecule has 0 aliphatic carbocycles. The van der Waals surface area contributed by atoms with E-state index in [0.717, 1.165) is 21.2 Å². The highest BCUT2D eigenvalue weighted by molar-refractivity contribution is 9.10. The summed E-state index contributed by atoms with van der Waals surface area (Å²) in [5.41, 5.74) is 5.37. The van der Waals surface area contributed by atoms with E-state index in [0.29, 0.717) is 23.5 Å². The van der Waals surface area contributed by atoms with E-state index < -0.39 is 5.97 Å². The van der Waals surface area contributed by atoms with Gasteiger partial charge in [-0.1, -0.05) is 69.6 Å². The number of nitrogens with zero attached hydrogens (tertiary/aromatic N) is 1. The number of rotatable bonds is 6. The zero-order chi connectivity index (χ0) is 25.0. The maximum atomic E-state index is 12.4. The first-order valence-corrected chi connectivity index (χ1v) is 11.6. The van der Waals surface area contributed by atoms with Gasteiger partial charge < -0.3 is 9.84 Å². The normalized spacial score (nSPS) is 12.1. The maximum Gasteiger partial charge on any atom is 0.308 e. The summed E-state index contributed by atoms with van der Waals surface area (Å²) in [5.74, 6) is 0.00903. The minimum absolute atomic E-state index is 0.226. The quantitative estimate of drug-likeness (QED) is 0.221. The van der Waals surface area contributed by atoms with Crippen LogP contribution >= 0.6 is 15.9 Å². The number of aryl methyl sites for hydroxylation is 1. The Morgan fingerprint density at radius 1 is 1.06 bits per heavy atom. The fourth-order valence-electron chi connectivity index (χ4n) is 3.34. The smallest absolute Gasteiger partial charge is 0.308 e. The Morgan fingerprint density at radius 2 is 1.64 bits per heavy atom. The van der Waals surface area contributed by atoms with Gasteiger partial charge >= 0.3 is 5.97 Å². The Kier molecular flexibility index (Phi) is 8.46. The molecule has 0 unspecified atom stereocenters. The van der Waals surface area contributed by atoms with Crippen molar-refractivity contribution in [2.24, 2.45) is 5.10 Å². The van der Waals surface area contributed by atoms with E-state index in [-0.39, 0.29) is 23.2 Å². The Balaban J connectivity index is 2.13. The fraction of sp³-hybridized carbons (Fsp3) is 0.423. The van der Waals surface area contributed by atoms with Crippen LogP contribution in [0.25, 0.3) is 0 Å². The standard InChI is InChI=1S/C26H33BrN2O4/c1-16(30)33-22-10-9-19(27)14-18(22)15-28-29-23(31)11-8-17-12-20(25(2,3)4)24(32)21(13-17)26(5,6)7/h9-10,12-15,32H,8,11H2,1-7H3,(H,29,31)/b28-15-. The lowest BCUT2D eigenvalue weighted by Crippen LogP contribution is -2.20. The first-order valence-electron chi connectivity index (χ1n) is 10.8. The van der Waals surface area contributed by atoms with E-state index in [9.17, 15) is 14.7 Å². The molecule has 178 valence electrons. The van der Waals surface area contributed by atoms with Gasteiger partial charge in [-0.15, -0.1) is 0 Å². The van der Waals surface area contributed by atoms with Crippen molar-refractivity contribution in [2.45, 2.75) is 72.1 Å². The predicted molar refractivity (Wildman–Crippen MR) is 135 cm³/mol.